The molecule has 0 aliphatic heterocycles. The highest BCUT2D eigenvalue weighted by molar-refractivity contribution is 5.91. The average molecular weight is 274 g/mol. The molecule has 0 amide bonds. The zero-order chi connectivity index (χ0) is 14.5. The lowest BCUT2D eigenvalue weighted by molar-refractivity contribution is 0.0734. The largest absolute Gasteiger partial charge is 0.504 e. The van der Waals surface area contributed by atoms with Crippen LogP contribution in [0.3, 0.4) is 0 Å². The van der Waals surface area contributed by atoms with Crippen LogP contribution in [-0.4, -0.2) is 25.3 Å². The van der Waals surface area contributed by atoms with Crippen LogP contribution in [0.2, 0.25) is 0 Å². The van der Waals surface area contributed by atoms with Gasteiger partial charge in [0.25, 0.3) is 0 Å². The van der Waals surface area contributed by atoms with Gasteiger partial charge >= 0.3 is 5.97 Å². The van der Waals surface area contributed by atoms with Crippen molar-refractivity contribution in [2.45, 2.75) is 0 Å². The van der Waals surface area contributed by atoms with Gasteiger partial charge in [-0.25, -0.2) is 4.79 Å². The number of phenolic OH excluding ortho intramolecular Hbond substituents is 1. The van der Waals surface area contributed by atoms with E-state index >= 15 is 0 Å². The van der Waals surface area contributed by atoms with Crippen LogP contribution in [0.5, 0.6) is 23.0 Å². The molecule has 20 heavy (non-hydrogen) atoms. The van der Waals surface area contributed by atoms with E-state index in [2.05, 4.69) is 0 Å². The van der Waals surface area contributed by atoms with Gasteiger partial charge in [-0.3, -0.25) is 0 Å². The van der Waals surface area contributed by atoms with Gasteiger partial charge in [0.2, 0.25) is 0 Å². The first-order chi connectivity index (χ1) is 9.63. The Morgan fingerprint density at radius 2 is 1.60 bits per heavy atom. The Morgan fingerprint density at radius 3 is 2.20 bits per heavy atom. The molecule has 0 aromatic heterocycles. The third-order valence-electron chi connectivity index (χ3n) is 2.69. The monoisotopic (exact) mass is 274 g/mol. The number of phenols is 1. The molecule has 2 aromatic rings. The fraction of sp³-hybridized carbons (Fsp3) is 0.133. The zero-order valence-electron chi connectivity index (χ0n) is 11.1. The highest BCUT2D eigenvalue weighted by atomic mass is 16.5. The number of benzene rings is 2. The van der Waals surface area contributed by atoms with Gasteiger partial charge in [0.05, 0.1) is 19.8 Å². The maximum atomic E-state index is 12.0. The molecule has 0 radical (unpaired) electrons. The van der Waals surface area contributed by atoms with E-state index in [1.165, 1.54) is 25.3 Å². The van der Waals surface area contributed by atoms with Crippen molar-refractivity contribution >= 4 is 5.97 Å². The second-order valence-corrected chi connectivity index (χ2v) is 3.95. The molecule has 0 bridgehead atoms. The Kier molecular flexibility index (Phi) is 4.10. The van der Waals surface area contributed by atoms with Crippen molar-refractivity contribution in [3.8, 4) is 23.0 Å². The molecule has 5 heteroatoms. The first-order valence-corrected chi connectivity index (χ1v) is 5.87. The summed E-state index contributed by atoms with van der Waals surface area (Å²) in [5.74, 6) is 0.732. The van der Waals surface area contributed by atoms with E-state index in [-0.39, 0.29) is 17.1 Å². The number of hydrogen-bond acceptors (Lipinski definition) is 5. The van der Waals surface area contributed by atoms with Crippen molar-refractivity contribution in [1.82, 2.24) is 0 Å². The smallest absolute Gasteiger partial charge is 0.343 e. The number of carbonyl (C=O) groups is 1. The molecule has 104 valence electrons. The Hall–Kier alpha value is -2.69. The Balaban J connectivity index is 2.14. The number of aromatic hydroxyl groups is 1. The van der Waals surface area contributed by atoms with Gasteiger partial charge < -0.3 is 19.3 Å². The highest BCUT2D eigenvalue weighted by Crippen LogP contribution is 2.27. The number of hydrogen-bond donors (Lipinski definition) is 1. The third kappa shape index (κ3) is 3.00. The van der Waals surface area contributed by atoms with Crippen molar-refractivity contribution in [1.29, 1.82) is 0 Å². The standard InChI is InChI=1S/C15H14O5/c1-18-11-4-6-12(7-5-11)20-15(17)10-3-8-13(16)14(9-10)19-2/h3-9,16H,1-2H3. The fourth-order valence-corrected chi connectivity index (χ4v) is 1.61. The van der Waals surface area contributed by atoms with Crippen LogP contribution in [0.25, 0.3) is 0 Å². The molecule has 2 aromatic carbocycles. The van der Waals surface area contributed by atoms with Crippen molar-refractivity contribution in [3.63, 3.8) is 0 Å². The second-order valence-electron chi connectivity index (χ2n) is 3.95. The lowest BCUT2D eigenvalue weighted by Gasteiger charge is -2.07. The minimum absolute atomic E-state index is 0.0338. The van der Waals surface area contributed by atoms with E-state index in [0.29, 0.717) is 11.5 Å². The molecule has 0 spiro atoms. The zero-order valence-corrected chi connectivity index (χ0v) is 11.1. The van der Waals surface area contributed by atoms with Crippen molar-refractivity contribution in [2.24, 2.45) is 0 Å². The Bertz CT molecular complexity index is 604. The molecule has 0 atom stereocenters. The third-order valence-corrected chi connectivity index (χ3v) is 2.69. The van der Waals surface area contributed by atoms with E-state index in [0.717, 1.165) is 0 Å². The fourth-order valence-electron chi connectivity index (χ4n) is 1.61. The quantitative estimate of drug-likeness (QED) is 0.685. The minimum atomic E-state index is -0.534. The number of esters is 1. The number of carbonyl (C=O) groups excluding carboxylic acids is 1. The molecule has 5 nitrogen and oxygen atoms in total. The molecular weight excluding hydrogens is 260 g/mol. The normalized spacial score (nSPS) is 9.90. The molecule has 0 aliphatic carbocycles. The van der Waals surface area contributed by atoms with Crippen LogP contribution in [0, 0.1) is 0 Å². The summed E-state index contributed by atoms with van der Waals surface area (Å²) in [6.45, 7) is 0. The van der Waals surface area contributed by atoms with Gasteiger partial charge in [-0.05, 0) is 42.5 Å². The number of methoxy groups -OCH3 is 2. The molecular formula is C15H14O5. The number of ether oxygens (including phenoxy) is 3. The SMILES string of the molecule is COc1ccc(OC(=O)c2ccc(O)c(OC)c2)cc1. The molecule has 0 saturated heterocycles. The number of rotatable bonds is 4. The highest BCUT2D eigenvalue weighted by Gasteiger charge is 2.12. The lowest BCUT2D eigenvalue weighted by atomic mass is 10.2. The van der Waals surface area contributed by atoms with Crippen LogP contribution in [-0.2, 0) is 0 Å². The minimum Gasteiger partial charge on any atom is -0.504 e. The molecule has 0 saturated carbocycles. The predicted molar refractivity (Wildman–Crippen MR) is 72.6 cm³/mol. The maximum Gasteiger partial charge on any atom is 0.343 e. The van der Waals surface area contributed by atoms with Crippen LogP contribution in [0.1, 0.15) is 10.4 Å². The van der Waals surface area contributed by atoms with Crippen molar-refractivity contribution in [3.05, 3.63) is 48.0 Å². The van der Waals surface area contributed by atoms with Gasteiger partial charge in [0.1, 0.15) is 11.5 Å². The lowest BCUT2D eigenvalue weighted by Crippen LogP contribution is -2.08. The van der Waals surface area contributed by atoms with Crippen LogP contribution >= 0.6 is 0 Å². The summed E-state index contributed by atoms with van der Waals surface area (Å²) in [6, 6.07) is 10.9. The summed E-state index contributed by atoms with van der Waals surface area (Å²) in [5, 5.41) is 9.47. The average Bonchev–Trinajstić information content (AvgIpc) is 2.48. The summed E-state index contributed by atoms with van der Waals surface area (Å²) >= 11 is 0. The van der Waals surface area contributed by atoms with Crippen molar-refractivity contribution < 1.29 is 24.1 Å². The molecule has 2 rings (SSSR count). The molecule has 0 aliphatic rings. The van der Waals surface area contributed by atoms with Gasteiger partial charge in [0.15, 0.2) is 11.5 Å². The second kappa shape index (κ2) is 5.97. The predicted octanol–water partition coefficient (Wildman–Crippen LogP) is 2.63. The van der Waals surface area contributed by atoms with E-state index < -0.39 is 5.97 Å². The summed E-state index contributed by atoms with van der Waals surface area (Å²) in [4.78, 5) is 12.0. The van der Waals surface area contributed by atoms with Gasteiger partial charge in [-0.2, -0.15) is 0 Å². The molecule has 0 heterocycles. The van der Waals surface area contributed by atoms with E-state index in [1.807, 2.05) is 0 Å². The molecule has 1 N–H and O–H groups in total. The summed E-state index contributed by atoms with van der Waals surface area (Å²) in [7, 11) is 2.97. The first kappa shape index (κ1) is 13.7. The topological polar surface area (TPSA) is 65.0 Å². The van der Waals surface area contributed by atoms with Crippen molar-refractivity contribution in [2.75, 3.05) is 14.2 Å². The summed E-state index contributed by atoms with van der Waals surface area (Å²) < 4.78 is 15.2. The van der Waals surface area contributed by atoms with Crippen LogP contribution < -0.4 is 14.2 Å². The summed E-state index contributed by atoms with van der Waals surface area (Å²) in [5.41, 5.74) is 0.287. The Morgan fingerprint density at radius 1 is 0.950 bits per heavy atom. The summed E-state index contributed by atoms with van der Waals surface area (Å²) in [6.07, 6.45) is 0. The van der Waals surface area contributed by atoms with E-state index in [4.69, 9.17) is 14.2 Å². The van der Waals surface area contributed by atoms with Gasteiger partial charge in [-0.1, -0.05) is 0 Å². The van der Waals surface area contributed by atoms with Crippen LogP contribution in [0.15, 0.2) is 42.5 Å². The van der Waals surface area contributed by atoms with Gasteiger partial charge in [-0.15, -0.1) is 0 Å². The molecule has 0 fully saturated rings. The van der Waals surface area contributed by atoms with Gasteiger partial charge in [0, 0.05) is 0 Å². The first-order valence-electron chi connectivity index (χ1n) is 5.87. The van der Waals surface area contributed by atoms with E-state index in [9.17, 15) is 9.90 Å². The molecule has 0 unspecified atom stereocenters. The maximum absolute atomic E-state index is 12.0. The van der Waals surface area contributed by atoms with Crippen LogP contribution in [0.4, 0.5) is 0 Å². The Labute approximate surface area is 116 Å². The van der Waals surface area contributed by atoms with E-state index in [1.54, 1.807) is 31.4 Å².